The molecule has 5 heteroatoms. The van der Waals surface area contributed by atoms with E-state index in [4.69, 9.17) is 9.15 Å². The van der Waals surface area contributed by atoms with Gasteiger partial charge in [-0.25, -0.2) is 0 Å². The van der Waals surface area contributed by atoms with E-state index in [1.54, 1.807) is 19.1 Å². The molecule has 2 N–H and O–H groups in total. The van der Waals surface area contributed by atoms with Gasteiger partial charge in [-0.1, -0.05) is 30.3 Å². The lowest BCUT2D eigenvalue weighted by Gasteiger charge is -2.18. The second kappa shape index (κ2) is 7.61. The first-order chi connectivity index (χ1) is 10.2. The molecule has 0 radical (unpaired) electrons. The monoisotopic (exact) mass is 289 g/mol. The number of ether oxygens (including phenoxy) is 1. The van der Waals surface area contributed by atoms with E-state index in [2.05, 4.69) is 5.32 Å². The van der Waals surface area contributed by atoms with E-state index < -0.39 is 12.1 Å². The number of hydrogen-bond acceptors (Lipinski definition) is 4. The Hall–Kier alpha value is -2.11. The average molecular weight is 289 g/mol. The molecule has 0 fully saturated rings. The van der Waals surface area contributed by atoms with E-state index in [1.165, 1.54) is 6.26 Å². The van der Waals surface area contributed by atoms with Crippen molar-refractivity contribution in [2.24, 2.45) is 0 Å². The Morgan fingerprint density at radius 1 is 1.29 bits per heavy atom. The third-order valence-corrected chi connectivity index (χ3v) is 3.10. The maximum atomic E-state index is 12.0. The molecular formula is C16H19NO4. The molecule has 1 aromatic heterocycles. The Kier molecular flexibility index (Phi) is 5.54. The number of hydrogen-bond donors (Lipinski definition) is 2. The number of carbonyl (C=O) groups excluding carboxylic acids is 1. The summed E-state index contributed by atoms with van der Waals surface area (Å²) in [7, 11) is 0. The van der Waals surface area contributed by atoms with Crippen LogP contribution in [0.1, 0.15) is 24.3 Å². The Balaban J connectivity index is 1.84. The minimum absolute atomic E-state index is 0.231. The summed E-state index contributed by atoms with van der Waals surface area (Å²) in [6.45, 7) is 1.81. The summed E-state index contributed by atoms with van der Waals surface area (Å²) in [5.41, 5.74) is 1.00. The Bertz CT molecular complexity index is 539. The molecule has 0 saturated carbocycles. The minimum Gasteiger partial charge on any atom is -0.467 e. The van der Waals surface area contributed by atoms with Crippen molar-refractivity contribution in [1.82, 2.24) is 5.32 Å². The third kappa shape index (κ3) is 4.44. The van der Waals surface area contributed by atoms with Gasteiger partial charge in [-0.3, -0.25) is 4.79 Å². The van der Waals surface area contributed by atoms with E-state index in [9.17, 15) is 9.90 Å². The van der Waals surface area contributed by atoms with Gasteiger partial charge in [-0.2, -0.15) is 0 Å². The predicted molar refractivity (Wildman–Crippen MR) is 77.4 cm³/mol. The van der Waals surface area contributed by atoms with Gasteiger partial charge in [0.05, 0.1) is 19.5 Å². The van der Waals surface area contributed by atoms with E-state index in [0.29, 0.717) is 12.4 Å². The number of furan rings is 1. The molecule has 1 amide bonds. The maximum absolute atomic E-state index is 12.0. The van der Waals surface area contributed by atoms with Crippen molar-refractivity contribution in [3.8, 4) is 0 Å². The van der Waals surface area contributed by atoms with Crippen LogP contribution in [0.15, 0.2) is 53.1 Å². The quantitative estimate of drug-likeness (QED) is 0.818. The van der Waals surface area contributed by atoms with Crippen molar-refractivity contribution in [3.05, 3.63) is 60.1 Å². The molecule has 2 aromatic rings. The zero-order valence-electron chi connectivity index (χ0n) is 11.9. The molecule has 0 bridgehead atoms. The third-order valence-electron chi connectivity index (χ3n) is 3.10. The second-order valence-corrected chi connectivity index (χ2v) is 4.70. The van der Waals surface area contributed by atoms with Crippen LogP contribution in [0.2, 0.25) is 0 Å². The Morgan fingerprint density at radius 2 is 2.05 bits per heavy atom. The van der Waals surface area contributed by atoms with E-state index >= 15 is 0 Å². The molecule has 0 saturated heterocycles. The average Bonchev–Trinajstić information content (AvgIpc) is 3.05. The number of nitrogens with one attached hydrogen (secondary N) is 1. The lowest BCUT2D eigenvalue weighted by atomic mass is 10.2. The number of amides is 1. The first-order valence-corrected chi connectivity index (χ1v) is 6.81. The topological polar surface area (TPSA) is 71.7 Å². The zero-order chi connectivity index (χ0) is 15.1. The SMILES string of the molecule is CC(OCc1ccccc1)C(=O)NC(CO)c1ccco1. The molecule has 0 spiro atoms. The van der Waals surface area contributed by atoms with Crippen LogP contribution in [-0.2, 0) is 16.1 Å². The summed E-state index contributed by atoms with van der Waals surface area (Å²) in [5.74, 6) is 0.225. The Labute approximate surface area is 123 Å². The number of aliphatic hydroxyl groups is 1. The van der Waals surface area contributed by atoms with Gasteiger partial charge in [-0.05, 0) is 24.6 Å². The summed E-state index contributed by atoms with van der Waals surface area (Å²) in [6.07, 6.45) is 0.883. The molecule has 0 aliphatic rings. The van der Waals surface area contributed by atoms with Crippen LogP contribution in [0, 0.1) is 0 Å². The van der Waals surface area contributed by atoms with Crippen molar-refractivity contribution in [1.29, 1.82) is 0 Å². The van der Waals surface area contributed by atoms with Gasteiger partial charge in [0.15, 0.2) is 0 Å². The first kappa shape index (κ1) is 15.3. The number of benzene rings is 1. The van der Waals surface area contributed by atoms with Crippen LogP contribution in [0.25, 0.3) is 0 Å². The van der Waals surface area contributed by atoms with Crippen LogP contribution in [0.3, 0.4) is 0 Å². The van der Waals surface area contributed by atoms with E-state index in [0.717, 1.165) is 5.56 Å². The lowest BCUT2D eigenvalue weighted by Crippen LogP contribution is -2.38. The van der Waals surface area contributed by atoms with Crippen molar-refractivity contribution in [2.75, 3.05) is 6.61 Å². The zero-order valence-corrected chi connectivity index (χ0v) is 11.9. The standard InChI is InChI=1S/C16H19NO4/c1-12(21-11-13-6-3-2-4-7-13)16(19)17-14(10-18)15-8-5-9-20-15/h2-9,12,14,18H,10-11H2,1H3,(H,17,19). The molecule has 1 heterocycles. The second-order valence-electron chi connectivity index (χ2n) is 4.70. The molecule has 2 rings (SSSR count). The molecule has 5 nitrogen and oxygen atoms in total. The molecule has 112 valence electrons. The molecule has 21 heavy (non-hydrogen) atoms. The summed E-state index contributed by atoms with van der Waals surface area (Å²) < 4.78 is 10.7. The van der Waals surface area contributed by atoms with Gasteiger partial charge in [0.25, 0.3) is 0 Å². The van der Waals surface area contributed by atoms with Crippen molar-refractivity contribution in [3.63, 3.8) is 0 Å². The first-order valence-electron chi connectivity index (χ1n) is 6.81. The van der Waals surface area contributed by atoms with Crippen LogP contribution >= 0.6 is 0 Å². The van der Waals surface area contributed by atoms with Crippen molar-refractivity contribution in [2.45, 2.75) is 25.7 Å². The normalized spacial score (nSPS) is 13.6. The fourth-order valence-electron chi connectivity index (χ4n) is 1.86. The smallest absolute Gasteiger partial charge is 0.249 e. The largest absolute Gasteiger partial charge is 0.467 e. The molecule has 1 aromatic carbocycles. The number of carbonyl (C=O) groups is 1. The van der Waals surface area contributed by atoms with Gasteiger partial charge in [-0.15, -0.1) is 0 Å². The highest BCUT2D eigenvalue weighted by Gasteiger charge is 2.20. The fraction of sp³-hybridized carbons (Fsp3) is 0.312. The summed E-state index contributed by atoms with van der Waals surface area (Å²) >= 11 is 0. The summed E-state index contributed by atoms with van der Waals surface area (Å²) in [5, 5.41) is 12.0. The maximum Gasteiger partial charge on any atom is 0.249 e. The van der Waals surface area contributed by atoms with Gasteiger partial charge in [0, 0.05) is 0 Å². The Morgan fingerprint density at radius 3 is 2.67 bits per heavy atom. The van der Waals surface area contributed by atoms with Crippen LogP contribution < -0.4 is 5.32 Å². The number of rotatable bonds is 7. The summed E-state index contributed by atoms with van der Waals surface area (Å²) in [6, 6.07) is 12.5. The predicted octanol–water partition coefficient (Wildman–Crippen LogP) is 2.03. The van der Waals surface area contributed by atoms with Gasteiger partial charge < -0.3 is 19.6 Å². The summed E-state index contributed by atoms with van der Waals surface area (Å²) in [4.78, 5) is 12.0. The molecule has 0 aliphatic carbocycles. The minimum atomic E-state index is -0.616. The highest BCUT2D eigenvalue weighted by Crippen LogP contribution is 2.13. The molecular weight excluding hydrogens is 270 g/mol. The van der Waals surface area contributed by atoms with Crippen LogP contribution in [0.4, 0.5) is 0 Å². The van der Waals surface area contributed by atoms with E-state index in [-0.39, 0.29) is 12.5 Å². The fourth-order valence-corrected chi connectivity index (χ4v) is 1.86. The highest BCUT2D eigenvalue weighted by atomic mass is 16.5. The molecule has 2 atom stereocenters. The number of aliphatic hydroxyl groups excluding tert-OH is 1. The van der Waals surface area contributed by atoms with Crippen molar-refractivity contribution >= 4 is 5.91 Å². The van der Waals surface area contributed by atoms with Crippen LogP contribution in [0.5, 0.6) is 0 Å². The lowest BCUT2D eigenvalue weighted by molar-refractivity contribution is -0.133. The van der Waals surface area contributed by atoms with E-state index in [1.807, 2.05) is 30.3 Å². The molecule has 0 aliphatic heterocycles. The highest BCUT2D eigenvalue weighted by molar-refractivity contribution is 5.80. The van der Waals surface area contributed by atoms with Crippen LogP contribution in [-0.4, -0.2) is 23.7 Å². The van der Waals surface area contributed by atoms with Gasteiger partial charge in [0.1, 0.15) is 17.9 Å². The van der Waals surface area contributed by atoms with Gasteiger partial charge >= 0.3 is 0 Å². The van der Waals surface area contributed by atoms with Gasteiger partial charge in [0.2, 0.25) is 5.91 Å². The molecule has 2 unspecified atom stereocenters. The van der Waals surface area contributed by atoms with Crippen molar-refractivity contribution < 1.29 is 19.1 Å².